The smallest absolute Gasteiger partial charge is 0.237 e. The third-order valence-electron chi connectivity index (χ3n) is 5.02. The molecule has 0 aliphatic rings. The van der Waals surface area contributed by atoms with Crippen LogP contribution < -0.4 is 5.32 Å². The molecule has 140 valence electrons. The number of carbonyl (C=O) groups excluding carboxylic acids is 1. The summed E-state index contributed by atoms with van der Waals surface area (Å²) in [5.74, 6) is -0.323. The summed E-state index contributed by atoms with van der Waals surface area (Å²) in [5.41, 5.74) is 2.05. The van der Waals surface area contributed by atoms with Gasteiger partial charge in [-0.1, -0.05) is 48.5 Å². The van der Waals surface area contributed by atoms with Gasteiger partial charge in [0, 0.05) is 6.54 Å². The average molecular weight is 364 g/mol. The monoisotopic (exact) mass is 364 g/mol. The molecule has 4 heteroatoms. The molecular formula is C23H25FN2O. The van der Waals surface area contributed by atoms with Gasteiger partial charge in [-0.05, 0) is 61.0 Å². The number of hydrogen-bond acceptors (Lipinski definition) is 2. The van der Waals surface area contributed by atoms with Crippen LogP contribution in [0.1, 0.15) is 31.0 Å². The fourth-order valence-corrected chi connectivity index (χ4v) is 3.13. The van der Waals surface area contributed by atoms with E-state index in [1.54, 1.807) is 12.1 Å². The van der Waals surface area contributed by atoms with Gasteiger partial charge in [-0.15, -0.1) is 0 Å². The summed E-state index contributed by atoms with van der Waals surface area (Å²) >= 11 is 0. The van der Waals surface area contributed by atoms with E-state index in [2.05, 4.69) is 35.6 Å². The van der Waals surface area contributed by atoms with Crippen molar-refractivity contribution in [3.05, 3.63) is 83.7 Å². The maximum absolute atomic E-state index is 13.1. The van der Waals surface area contributed by atoms with Gasteiger partial charge in [0.1, 0.15) is 5.82 Å². The molecule has 0 radical (unpaired) electrons. The van der Waals surface area contributed by atoms with Crippen LogP contribution in [0.15, 0.2) is 66.7 Å². The van der Waals surface area contributed by atoms with Gasteiger partial charge in [0.05, 0.1) is 12.1 Å². The molecule has 3 nitrogen and oxygen atoms in total. The maximum Gasteiger partial charge on any atom is 0.237 e. The summed E-state index contributed by atoms with van der Waals surface area (Å²) in [6.07, 6.45) is 0. The molecule has 1 N–H and O–H groups in total. The van der Waals surface area contributed by atoms with Gasteiger partial charge in [-0.25, -0.2) is 4.39 Å². The molecule has 0 bridgehead atoms. The third-order valence-corrected chi connectivity index (χ3v) is 5.02. The predicted octanol–water partition coefficient (Wildman–Crippen LogP) is 4.68. The molecule has 0 aromatic heterocycles. The lowest BCUT2D eigenvalue weighted by Gasteiger charge is -2.26. The van der Waals surface area contributed by atoms with E-state index in [9.17, 15) is 9.18 Å². The highest BCUT2D eigenvalue weighted by Crippen LogP contribution is 2.18. The summed E-state index contributed by atoms with van der Waals surface area (Å²) in [4.78, 5) is 14.6. The van der Waals surface area contributed by atoms with Crippen molar-refractivity contribution in [1.82, 2.24) is 10.2 Å². The van der Waals surface area contributed by atoms with Gasteiger partial charge >= 0.3 is 0 Å². The van der Waals surface area contributed by atoms with Crippen molar-refractivity contribution < 1.29 is 9.18 Å². The van der Waals surface area contributed by atoms with Crippen LogP contribution in [0.3, 0.4) is 0 Å². The zero-order valence-corrected chi connectivity index (χ0v) is 15.9. The molecule has 0 spiro atoms. The van der Waals surface area contributed by atoms with Crippen LogP contribution in [-0.4, -0.2) is 23.9 Å². The van der Waals surface area contributed by atoms with Gasteiger partial charge in [0.2, 0.25) is 5.91 Å². The van der Waals surface area contributed by atoms with E-state index in [1.807, 2.05) is 37.9 Å². The van der Waals surface area contributed by atoms with E-state index in [0.717, 1.165) is 5.56 Å². The fourth-order valence-electron chi connectivity index (χ4n) is 3.13. The lowest BCUT2D eigenvalue weighted by atomic mass is 10.1. The van der Waals surface area contributed by atoms with Crippen molar-refractivity contribution in [3.8, 4) is 0 Å². The molecule has 0 aliphatic carbocycles. The zero-order chi connectivity index (χ0) is 19.4. The van der Waals surface area contributed by atoms with Crippen molar-refractivity contribution in [2.24, 2.45) is 0 Å². The molecule has 0 aliphatic heterocycles. The molecule has 0 saturated heterocycles. The van der Waals surface area contributed by atoms with E-state index >= 15 is 0 Å². The minimum absolute atomic E-state index is 0.0462. The van der Waals surface area contributed by atoms with Crippen LogP contribution in [0, 0.1) is 5.82 Å². The van der Waals surface area contributed by atoms with Crippen LogP contribution in [0.4, 0.5) is 4.39 Å². The van der Waals surface area contributed by atoms with Crippen LogP contribution in [-0.2, 0) is 11.3 Å². The fraction of sp³-hybridized carbons (Fsp3) is 0.261. The van der Waals surface area contributed by atoms with Crippen LogP contribution in [0.25, 0.3) is 10.8 Å². The normalized spacial score (nSPS) is 13.5. The van der Waals surface area contributed by atoms with E-state index < -0.39 is 0 Å². The molecule has 1 amide bonds. The number of halogens is 1. The number of nitrogens with one attached hydrogen (secondary N) is 1. The van der Waals surface area contributed by atoms with E-state index in [-0.39, 0.29) is 23.8 Å². The SMILES string of the molecule is C[C@H](NC(=O)[C@@H](C)N(C)Cc1ccc2ccccc2c1)c1ccc(F)cc1. The Kier molecular flexibility index (Phi) is 5.87. The average Bonchev–Trinajstić information content (AvgIpc) is 2.67. The highest BCUT2D eigenvalue weighted by Gasteiger charge is 2.20. The Morgan fingerprint density at radius 1 is 1.00 bits per heavy atom. The Labute approximate surface area is 159 Å². The molecule has 0 saturated carbocycles. The van der Waals surface area contributed by atoms with Gasteiger partial charge < -0.3 is 5.32 Å². The number of fused-ring (bicyclic) bond motifs is 1. The third kappa shape index (κ3) is 4.72. The van der Waals surface area contributed by atoms with Gasteiger partial charge in [-0.3, -0.25) is 9.69 Å². The quantitative estimate of drug-likeness (QED) is 0.689. The first-order chi connectivity index (χ1) is 12.9. The second-order valence-electron chi connectivity index (χ2n) is 7.05. The minimum atomic E-state index is -0.278. The Hall–Kier alpha value is -2.72. The summed E-state index contributed by atoms with van der Waals surface area (Å²) in [7, 11) is 1.95. The van der Waals surface area contributed by atoms with Crippen molar-refractivity contribution in [3.63, 3.8) is 0 Å². The van der Waals surface area contributed by atoms with Gasteiger partial charge in [-0.2, -0.15) is 0 Å². The maximum atomic E-state index is 13.1. The number of amides is 1. The van der Waals surface area contributed by atoms with E-state index in [4.69, 9.17) is 0 Å². The second-order valence-corrected chi connectivity index (χ2v) is 7.05. The summed E-state index contributed by atoms with van der Waals surface area (Å²) in [6, 6.07) is 20.4. The predicted molar refractivity (Wildman–Crippen MR) is 108 cm³/mol. The van der Waals surface area contributed by atoms with Gasteiger partial charge in [0.15, 0.2) is 0 Å². The minimum Gasteiger partial charge on any atom is -0.348 e. The summed E-state index contributed by atoms with van der Waals surface area (Å²) < 4.78 is 13.1. The summed E-state index contributed by atoms with van der Waals surface area (Å²) in [6.45, 7) is 4.49. The van der Waals surface area contributed by atoms with Crippen molar-refractivity contribution in [2.45, 2.75) is 32.5 Å². The topological polar surface area (TPSA) is 32.3 Å². The molecule has 0 fully saturated rings. The van der Waals surface area contributed by atoms with Crippen molar-refractivity contribution in [2.75, 3.05) is 7.05 Å². The number of hydrogen-bond donors (Lipinski definition) is 1. The van der Waals surface area contributed by atoms with Crippen LogP contribution in [0.5, 0.6) is 0 Å². The standard InChI is InChI=1S/C23H25FN2O/c1-16(19-10-12-22(24)13-11-19)25-23(27)17(2)26(3)15-18-8-9-20-6-4-5-7-21(20)14-18/h4-14,16-17H,15H2,1-3H3,(H,25,27)/t16-,17+/m0/s1. The molecule has 3 rings (SSSR count). The van der Waals surface area contributed by atoms with Crippen molar-refractivity contribution in [1.29, 1.82) is 0 Å². The summed E-state index contributed by atoms with van der Waals surface area (Å²) in [5, 5.41) is 5.42. The first-order valence-corrected chi connectivity index (χ1v) is 9.18. The molecule has 2 atom stereocenters. The lowest BCUT2D eigenvalue weighted by Crippen LogP contribution is -2.43. The first-order valence-electron chi connectivity index (χ1n) is 9.18. The zero-order valence-electron chi connectivity index (χ0n) is 15.9. The first kappa shape index (κ1) is 19.1. The van der Waals surface area contributed by atoms with E-state index in [1.165, 1.54) is 28.5 Å². The number of carbonyl (C=O) groups is 1. The molecular weight excluding hydrogens is 339 g/mol. The molecule has 3 aromatic rings. The highest BCUT2D eigenvalue weighted by atomic mass is 19.1. The number of rotatable bonds is 6. The molecule has 0 unspecified atom stereocenters. The lowest BCUT2D eigenvalue weighted by molar-refractivity contribution is -0.126. The Morgan fingerprint density at radius 3 is 2.37 bits per heavy atom. The highest BCUT2D eigenvalue weighted by molar-refractivity contribution is 5.83. The van der Waals surface area contributed by atoms with E-state index in [0.29, 0.717) is 6.54 Å². The van der Waals surface area contributed by atoms with Crippen LogP contribution in [0.2, 0.25) is 0 Å². The number of likely N-dealkylation sites (N-methyl/N-ethyl adjacent to an activating group) is 1. The van der Waals surface area contributed by atoms with Crippen molar-refractivity contribution >= 4 is 16.7 Å². The largest absolute Gasteiger partial charge is 0.348 e. The van der Waals surface area contributed by atoms with Gasteiger partial charge in [0.25, 0.3) is 0 Å². The molecule has 27 heavy (non-hydrogen) atoms. The molecule has 0 heterocycles. The Morgan fingerprint density at radius 2 is 1.67 bits per heavy atom. The molecule has 3 aromatic carbocycles. The Bertz CT molecular complexity index is 923. The number of nitrogens with zero attached hydrogens (tertiary/aromatic N) is 1. The Balaban J connectivity index is 1.62. The number of benzene rings is 3. The second kappa shape index (κ2) is 8.31. The van der Waals surface area contributed by atoms with Crippen LogP contribution >= 0.6 is 0 Å².